The van der Waals surface area contributed by atoms with E-state index in [-0.39, 0.29) is 70.7 Å². The predicted octanol–water partition coefficient (Wildman–Crippen LogP) is 6.95. The Labute approximate surface area is 616 Å². The number of aliphatic hydroxyl groups excluding tert-OH is 3. The largest absolute Gasteiger partial charge is 0.463 e. The molecule has 0 radical (unpaired) electrons. The van der Waals surface area contributed by atoms with Crippen molar-refractivity contribution < 1.29 is 112 Å². The minimum atomic E-state index is -4.04. The number of carbonyl (C=O) groups excluding carboxylic acids is 3. The molecule has 0 spiro atoms. The summed E-state index contributed by atoms with van der Waals surface area (Å²) in [6, 6.07) is 24.4. The number of ether oxygens (including phenoxy) is 6. The summed E-state index contributed by atoms with van der Waals surface area (Å²) in [5.74, 6) is -3.72. The second-order valence-corrected chi connectivity index (χ2v) is 32.7. The number of aromatic nitrogens is 6. The molecule has 3 aromatic heterocycles. The van der Waals surface area contributed by atoms with Gasteiger partial charge < -0.3 is 57.3 Å². The van der Waals surface area contributed by atoms with Crippen LogP contribution < -0.4 is 47.3 Å². The highest BCUT2D eigenvalue weighted by Gasteiger charge is 2.50. The topological polar surface area (TPSA) is 438 Å². The molecule has 18 atom stereocenters. The van der Waals surface area contributed by atoms with Crippen molar-refractivity contribution in [3.63, 3.8) is 0 Å². The number of rotatable bonds is 30. The van der Waals surface area contributed by atoms with Crippen molar-refractivity contribution in [1.82, 2.24) is 28.7 Å². The number of para-hydroxylation sites is 3. The Balaban J connectivity index is 0.000000226. The van der Waals surface area contributed by atoms with Gasteiger partial charge in [-0.25, -0.2) is 41.3 Å². The smallest absolute Gasteiger partial charge is 0.380 e. The van der Waals surface area contributed by atoms with Crippen molar-refractivity contribution in [2.75, 3.05) is 38.3 Å². The fourth-order valence-corrected chi connectivity index (χ4v) is 16.2. The monoisotopic (exact) mass is 1580 g/mol. The number of nitrogens with one attached hydrogen (secondary N) is 3. The van der Waals surface area contributed by atoms with E-state index in [1.54, 1.807) is 133 Å². The van der Waals surface area contributed by atoms with Crippen molar-refractivity contribution in [3.05, 3.63) is 189 Å². The van der Waals surface area contributed by atoms with Gasteiger partial charge in [0.15, 0.2) is 37.2 Å². The summed E-state index contributed by atoms with van der Waals surface area (Å²) in [6.45, 7) is 17.2. The molecule has 0 bridgehead atoms. The maximum Gasteiger partial charge on any atom is 0.380 e. The van der Waals surface area contributed by atoms with Gasteiger partial charge in [0, 0.05) is 35.3 Å². The summed E-state index contributed by atoms with van der Waals surface area (Å²) in [5, 5.41) is 31.2. The molecule has 0 amide bonds. The van der Waals surface area contributed by atoms with Gasteiger partial charge in [-0.1, -0.05) is 75.4 Å². The van der Waals surface area contributed by atoms with Crippen LogP contribution in [0.15, 0.2) is 138 Å². The van der Waals surface area contributed by atoms with E-state index < -0.39 is 186 Å². The highest BCUT2D eigenvalue weighted by molar-refractivity contribution is 7.55. The SMILES string of the molecule is Cc1cn([C@H]2O[C@@H](COP(=O)(C[C@@H](C)C(=O)OC(C)C)Oc3ccccc3)C(O)[C@H]2F)c(=O)[nH]c1=O.Cc1cn([C@H]2O[C@@H](CO[P@@](=O)(C[C@@H](C)C(=O)OC(C)C)Oc3ccccc3)C(O)[C@H]2F)c(=O)[nH]c1=O.Cc1cn([C@H]2O[C@@H](CO[P@](=O)(C[C@@H](C)C(=O)OC(C)C)Oc3ccccc3)C(O)[C@H]2F)c(=O)[nH]c1=O. The molecule has 9 rings (SSSR count). The van der Waals surface area contributed by atoms with Gasteiger partial charge in [0.2, 0.25) is 0 Å². The normalized spacial score (nSPS) is 24.3. The molecule has 6 heterocycles. The number of aliphatic hydroxyl groups is 3. The molecule has 3 aromatic carbocycles. The number of hydrogen-bond donors (Lipinski definition) is 6. The van der Waals surface area contributed by atoms with Gasteiger partial charge in [0.05, 0.1) is 74.4 Å². The molecule has 3 saturated heterocycles. The molecular weight excluding hydrogens is 1490 g/mol. The number of aromatic amines is 3. The third-order valence-corrected chi connectivity index (χ3v) is 22.2. The molecule has 3 aliphatic heterocycles. The Kier molecular flexibility index (Phi) is 30.8. The lowest BCUT2D eigenvalue weighted by Crippen LogP contribution is -2.36. The summed E-state index contributed by atoms with van der Waals surface area (Å²) >= 11 is 0. The van der Waals surface area contributed by atoms with Gasteiger partial charge in [-0.2, -0.15) is 0 Å². The van der Waals surface area contributed by atoms with Crippen LogP contribution in [0.2, 0.25) is 0 Å². The molecule has 4 unspecified atom stereocenters. The van der Waals surface area contributed by atoms with Crippen LogP contribution in [-0.4, -0.2) is 174 Å². The van der Waals surface area contributed by atoms with Gasteiger partial charge in [-0.15, -0.1) is 0 Å². The molecule has 3 fully saturated rings. The number of esters is 3. The lowest BCUT2D eigenvalue weighted by molar-refractivity contribution is -0.152. The molecular formula is C69H90F3N6O27P3. The fourth-order valence-electron chi connectivity index (χ4n) is 10.6. The second kappa shape index (κ2) is 38.3. The van der Waals surface area contributed by atoms with Crippen LogP contribution in [0.3, 0.4) is 0 Å². The Morgan fingerprint density at radius 2 is 0.639 bits per heavy atom. The molecule has 33 nitrogen and oxygen atoms in total. The van der Waals surface area contributed by atoms with Crippen molar-refractivity contribution in [2.45, 2.75) is 175 Å². The molecule has 6 N–H and O–H groups in total. The van der Waals surface area contributed by atoms with Crippen LogP contribution in [0.5, 0.6) is 17.2 Å². The van der Waals surface area contributed by atoms with Crippen LogP contribution in [0.25, 0.3) is 0 Å². The average Bonchev–Trinajstić information content (AvgIpc) is 1.65. The van der Waals surface area contributed by atoms with E-state index in [1.807, 2.05) is 15.0 Å². The van der Waals surface area contributed by atoms with E-state index in [9.17, 15) is 85.3 Å². The van der Waals surface area contributed by atoms with Crippen LogP contribution in [0, 0.1) is 38.5 Å². The van der Waals surface area contributed by atoms with Gasteiger partial charge in [-0.3, -0.25) is 71.0 Å². The van der Waals surface area contributed by atoms with Crippen LogP contribution in [0.1, 0.15) is 97.7 Å². The standard InChI is InChI=1S/3C23H30FN2O9P/c3*1-13(2)33-22(29)15(4)12-36(31,35-16-8-6-5-7-9-16)32-11-17-19(27)18(24)21(34-17)26-10-14(3)20(28)25-23(26)30/h3*5-10,13,15,17-19,21,27H,11-12H2,1-4H3,(H,25,28,30)/t15-,17+,18-,19?,21+,36?;15-,17+,18-,19?,21+,36+;15-,17+,18-,19?,21+,36-/m111/s1. The van der Waals surface area contributed by atoms with Crippen LogP contribution in [-0.2, 0) is 70.1 Å². The minimum absolute atomic E-state index is 0.141. The van der Waals surface area contributed by atoms with E-state index in [0.717, 1.165) is 32.3 Å². The number of nitrogens with zero attached hydrogens (tertiary/aromatic N) is 3. The first-order valence-electron chi connectivity index (χ1n) is 34.2. The van der Waals surface area contributed by atoms with Crippen molar-refractivity contribution >= 4 is 40.7 Å². The van der Waals surface area contributed by atoms with Crippen LogP contribution in [0.4, 0.5) is 13.2 Å². The Morgan fingerprint density at radius 1 is 0.417 bits per heavy atom. The molecule has 3 aliphatic rings. The van der Waals surface area contributed by atoms with Crippen molar-refractivity contribution in [2.24, 2.45) is 17.8 Å². The highest BCUT2D eigenvalue weighted by Crippen LogP contribution is 2.54. The number of hydrogen-bond acceptors (Lipinski definition) is 27. The van der Waals surface area contributed by atoms with E-state index in [0.29, 0.717) is 0 Å². The number of halogens is 3. The number of alkyl halides is 3. The minimum Gasteiger partial charge on any atom is -0.463 e. The number of aryl methyl sites for hydroxylation is 3. The summed E-state index contributed by atoms with van der Waals surface area (Å²) in [5.41, 5.74) is -4.21. The predicted molar refractivity (Wildman–Crippen MR) is 380 cm³/mol. The van der Waals surface area contributed by atoms with Crippen molar-refractivity contribution in [1.29, 1.82) is 0 Å². The first kappa shape index (κ1) is 86.9. The third-order valence-electron chi connectivity index (χ3n) is 16.2. The van der Waals surface area contributed by atoms with Gasteiger partial charge >= 0.3 is 57.8 Å². The van der Waals surface area contributed by atoms with Gasteiger partial charge in [0.1, 0.15) is 53.9 Å². The maximum atomic E-state index is 14.9. The first-order valence-corrected chi connectivity index (χ1v) is 39.3. The summed E-state index contributed by atoms with van der Waals surface area (Å²) in [4.78, 5) is 114. The molecule has 108 heavy (non-hydrogen) atoms. The van der Waals surface area contributed by atoms with E-state index >= 15 is 0 Å². The van der Waals surface area contributed by atoms with E-state index in [4.69, 9.17) is 55.6 Å². The zero-order chi connectivity index (χ0) is 79.9. The third kappa shape index (κ3) is 23.8. The summed E-state index contributed by atoms with van der Waals surface area (Å²) < 4.78 is 154. The molecule has 594 valence electrons. The quantitative estimate of drug-likeness (QED) is 0.0151. The molecule has 39 heteroatoms. The lowest BCUT2D eigenvalue weighted by Gasteiger charge is -2.24. The highest BCUT2D eigenvalue weighted by atomic mass is 31.2. The zero-order valence-corrected chi connectivity index (χ0v) is 63.7. The second-order valence-electron chi connectivity index (χ2n) is 26.6. The van der Waals surface area contributed by atoms with Crippen molar-refractivity contribution in [3.8, 4) is 17.2 Å². The Hall–Kier alpha value is -8.37. The Bertz CT molecular complexity index is 4100. The summed E-state index contributed by atoms with van der Waals surface area (Å²) in [6.07, 6.45) is -18.8. The van der Waals surface area contributed by atoms with E-state index in [1.165, 1.54) is 41.5 Å². The van der Waals surface area contributed by atoms with Crippen LogP contribution >= 0.6 is 22.8 Å². The first-order chi connectivity index (χ1) is 50.7. The van der Waals surface area contributed by atoms with E-state index in [2.05, 4.69) is 0 Å². The zero-order valence-electron chi connectivity index (χ0n) is 61.0. The molecule has 0 saturated carbocycles. The number of benzene rings is 3. The number of H-pyrrole nitrogens is 3. The average molecular weight is 1590 g/mol. The lowest BCUT2D eigenvalue weighted by atomic mass is 10.1. The van der Waals surface area contributed by atoms with Gasteiger partial charge in [0.25, 0.3) is 16.7 Å². The summed E-state index contributed by atoms with van der Waals surface area (Å²) in [7, 11) is -12.1. The molecule has 0 aliphatic carbocycles. The molecule has 6 aromatic rings. The maximum absolute atomic E-state index is 14.9. The Morgan fingerprint density at radius 3 is 0.852 bits per heavy atom. The number of carbonyl (C=O) groups is 3. The fraction of sp³-hybridized carbons (Fsp3) is 0.522. The van der Waals surface area contributed by atoms with Gasteiger partial charge in [-0.05, 0) is 98.7 Å².